The molecule has 0 saturated carbocycles. The smallest absolute Gasteiger partial charge is 0.159 e. The van der Waals surface area contributed by atoms with Crippen molar-refractivity contribution in [1.82, 2.24) is 0 Å². The monoisotopic (exact) mass is 340 g/mol. The highest BCUT2D eigenvalue weighted by Gasteiger charge is 2.07. The SMILES string of the molecule is CCCCCCCCCc1ccc(-c2ccc(C(C)=O)cc2)c(F)c1. The fourth-order valence-corrected chi connectivity index (χ4v) is 3.12. The second-order valence-corrected chi connectivity index (χ2v) is 6.82. The minimum absolute atomic E-state index is 0.0251. The maximum Gasteiger partial charge on any atom is 0.159 e. The van der Waals surface area contributed by atoms with Crippen LogP contribution in [0.4, 0.5) is 4.39 Å². The molecule has 134 valence electrons. The first-order chi connectivity index (χ1) is 12.1. The van der Waals surface area contributed by atoms with Gasteiger partial charge in [0.2, 0.25) is 0 Å². The summed E-state index contributed by atoms with van der Waals surface area (Å²) < 4.78 is 14.4. The van der Waals surface area contributed by atoms with Crippen molar-refractivity contribution in [2.75, 3.05) is 0 Å². The molecule has 2 heteroatoms. The van der Waals surface area contributed by atoms with E-state index in [0.717, 1.165) is 24.0 Å². The van der Waals surface area contributed by atoms with Crippen molar-refractivity contribution in [2.24, 2.45) is 0 Å². The van der Waals surface area contributed by atoms with E-state index in [2.05, 4.69) is 6.92 Å². The van der Waals surface area contributed by atoms with E-state index >= 15 is 0 Å². The Morgan fingerprint density at radius 3 is 2.12 bits per heavy atom. The summed E-state index contributed by atoms with van der Waals surface area (Å²) in [5, 5.41) is 0. The molecule has 0 unspecified atom stereocenters. The predicted octanol–water partition coefficient (Wildman–Crippen LogP) is 6.99. The van der Waals surface area contributed by atoms with Gasteiger partial charge in [-0.05, 0) is 37.0 Å². The Kier molecular flexibility index (Phi) is 7.84. The molecular formula is C23H29FO. The normalized spacial score (nSPS) is 10.8. The van der Waals surface area contributed by atoms with E-state index in [1.807, 2.05) is 24.3 Å². The number of ketones is 1. The van der Waals surface area contributed by atoms with Gasteiger partial charge in [0, 0.05) is 11.1 Å². The Morgan fingerprint density at radius 2 is 1.52 bits per heavy atom. The van der Waals surface area contributed by atoms with Gasteiger partial charge in [-0.1, -0.05) is 81.8 Å². The summed E-state index contributed by atoms with van der Waals surface area (Å²) in [6, 6.07) is 12.7. The molecule has 0 saturated heterocycles. The number of carbonyl (C=O) groups excluding carboxylic acids is 1. The van der Waals surface area contributed by atoms with Gasteiger partial charge >= 0.3 is 0 Å². The van der Waals surface area contributed by atoms with Gasteiger partial charge in [-0.2, -0.15) is 0 Å². The highest BCUT2D eigenvalue weighted by molar-refractivity contribution is 5.94. The summed E-state index contributed by atoms with van der Waals surface area (Å²) in [6.45, 7) is 3.77. The van der Waals surface area contributed by atoms with Crippen LogP contribution in [0.3, 0.4) is 0 Å². The van der Waals surface area contributed by atoms with E-state index in [9.17, 15) is 9.18 Å². The lowest BCUT2D eigenvalue weighted by Gasteiger charge is -2.08. The minimum atomic E-state index is -0.184. The van der Waals surface area contributed by atoms with Gasteiger partial charge in [0.05, 0.1) is 0 Å². The second kappa shape index (κ2) is 10.1. The molecule has 0 radical (unpaired) electrons. The third-order valence-electron chi connectivity index (χ3n) is 4.70. The average molecular weight is 340 g/mol. The van der Waals surface area contributed by atoms with Crippen LogP contribution in [-0.2, 0) is 6.42 Å². The molecule has 0 atom stereocenters. The molecule has 0 heterocycles. The molecule has 0 aliphatic carbocycles. The zero-order chi connectivity index (χ0) is 18.1. The van der Waals surface area contributed by atoms with Crippen molar-refractivity contribution >= 4 is 5.78 Å². The first-order valence-corrected chi connectivity index (χ1v) is 9.51. The van der Waals surface area contributed by atoms with Crippen LogP contribution >= 0.6 is 0 Å². The molecule has 0 aromatic heterocycles. The van der Waals surface area contributed by atoms with E-state index in [-0.39, 0.29) is 11.6 Å². The molecule has 1 nitrogen and oxygen atoms in total. The van der Waals surface area contributed by atoms with Crippen molar-refractivity contribution in [3.8, 4) is 11.1 Å². The minimum Gasteiger partial charge on any atom is -0.295 e. The standard InChI is InChI=1S/C23H29FO/c1-3-4-5-6-7-8-9-10-19-11-16-22(23(24)17-19)21-14-12-20(13-15-21)18(2)25/h11-17H,3-10H2,1-2H3. The number of hydrogen-bond donors (Lipinski definition) is 0. The number of carbonyl (C=O) groups is 1. The number of rotatable bonds is 10. The average Bonchev–Trinajstić information content (AvgIpc) is 2.61. The van der Waals surface area contributed by atoms with Crippen molar-refractivity contribution in [2.45, 2.75) is 65.2 Å². The molecule has 0 fully saturated rings. The van der Waals surface area contributed by atoms with Crippen LogP contribution in [-0.4, -0.2) is 5.78 Å². The summed E-state index contributed by atoms with van der Waals surface area (Å²) >= 11 is 0. The predicted molar refractivity (Wildman–Crippen MR) is 104 cm³/mol. The first-order valence-electron chi connectivity index (χ1n) is 9.51. The summed E-state index contributed by atoms with van der Waals surface area (Å²) in [5.41, 5.74) is 3.12. The van der Waals surface area contributed by atoms with Crippen LogP contribution in [0.5, 0.6) is 0 Å². The van der Waals surface area contributed by atoms with E-state index in [1.54, 1.807) is 18.2 Å². The quantitative estimate of drug-likeness (QED) is 0.336. The molecular weight excluding hydrogens is 311 g/mol. The van der Waals surface area contributed by atoms with Crippen LogP contribution in [0.15, 0.2) is 42.5 Å². The fourth-order valence-electron chi connectivity index (χ4n) is 3.12. The van der Waals surface area contributed by atoms with Gasteiger partial charge in [0.1, 0.15) is 5.82 Å². The van der Waals surface area contributed by atoms with Crippen molar-refractivity contribution in [3.05, 3.63) is 59.4 Å². The molecule has 0 N–H and O–H groups in total. The first kappa shape index (κ1) is 19.4. The maximum absolute atomic E-state index is 14.4. The van der Waals surface area contributed by atoms with E-state index < -0.39 is 0 Å². The number of aryl methyl sites for hydroxylation is 1. The van der Waals surface area contributed by atoms with E-state index in [4.69, 9.17) is 0 Å². The third kappa shape index (κ3) is 6.12. The molecule has 0 aliphatic rings. The van der Waals surface area contributed by atoms with Gasteiger partial charge < -0.3 is 0 Å². The Hall–Kier alpha value is -1.96. The Bertz CT molecular complexity index is 673. The van der Waals surface area contributed by atoms with Crippen molar-refractivity contribution < 1.29 is 9.18 Å². The maximum atomic E-state index is 14.4. The van der Waals surface area contributed by atoms with Gasteiger partial charge in [-0.15, -0.1) is 0 Å². The zero-order valence-electron chi connectivity index (χ0n) is 15.5. The summed E-state index contributed by atoms with van der Waals surface area (Å²) in [4.78, 5) is 11.3. The lowest BCUT2D eigenvalue weighted by atomic mass is 9.99. The van der Waals surface area contributed by atoms with Crippen LogP contribution in [0, 0.1) is 5.82 Å². The molecule has 0 aliphatic heterocycles. The summed E-state index contributed by atoms with van der Waals surface area (Å²) in [5.74, 6) is -0.159. The zero-order valence-corrected chi connectivity index (χ0v) is 15.5. The van der Waals surface area contributed by atoms with Crippen LogP contribution in [0.2, 0.25) is 0 Å². The number of hydrogen-bond acceptors (Lipinski definition) is 1. The molecule has 25 heavy (non-hydrogen) atoms. The highest BCUT2D eigenvalue weighted by Crippen LogP contribution is 2.25. The number of unbranched alkanes of at least 4 members (excludes halogenated alkanes) is 6. The number of halogens is 1. The largest absolute Gasteiger partial charge is 0.295 e. The summed E-state index contributed by atoms with van der Waals surface area (Å²) in [7, 11) is 0. The number of benzene rings is 2. The summed E-state index contributed by atoms with van der Waals surface area (Å²) in [6.07, 6.45) is 9.83. The molecule has 0 amide bonds. The van der Waals surface area contributed by atoms with Crippen LogP contribution in [0.25, 0.3) is 11.1 Å². The van der Waals surface area contributed by atoms with Gasteiger partial charge in [0.25, 0.3) is 0 Å². The van der Waals surface area contributed by atoms with Crippen LogP contribution < -0.4 is 0 Å². The molecule has 0 bridgehead atoms. The lowest BCUT2D eigenvalue weighted by Crippen LogP contribution is -1.93. The Labute approximate surface area is 151 Å². The van der Waals surface area contributed by atoms with E-state index in [0.29, 0.717) is 11.1 Å². The number of Topliss-reactive ketones (excluding diaryl/α,β-unsaturated/α-hetero) is 1. The van der Waals surface area contributed by atoms with Crippen molar-refractivity contribution in [3.63, 3.8) is 0 Å². The molecule has 2 rings (SSSR count). The third-order valence-corrected chi connectivity index (χ3v) is 4.70. The van der Waals surface area contributed by atoms with Gasteiger partial charge in [0.15, 0.2) is 5.78 Å². The Morgan fingerprint density at radius 1 is 0.880 bits per heavy atom. The molecule has 0 spiro atoms. The topological polar surface area (TPSA) is 17.1 Å². The van der Waals surface area contributed by atoms with Crippen molar-refractivity contribution in [1.29, 1.82) is 0 Å². The highest BCUT2D eigenvalue weighted by atomic mass is 19.1. The fraction of sp³-hybridized carbons (Fsp3) is 0.435. The van der Waals surface area contributed by atoms with E-state index in [1.165, 1.54) is 45.4 Å². The second-order valence-electron chi connectivity index (χ2n) is 6.82. The molecule has 2 aromatic carbocycles. The lowest BCUT2D eigenvalue weighted by molar-refractivity contribution is 0.101. The molecule has 2 aromatic rings. The van der Waals surface area contributed by atoms with Gasteiger partial charge in [-0.3, -0.25) is 4.79 Å². The Balaban J connectivity index is 1.88. The van der Waals surface area contributed by atoms with Crippen LogP contribution in [0.1, 0.15) is 74.7 Å². The van der Waals surface area contributed by atoms with Gasteiger partial charge in [-0.25, -0.2) is 4.39 Å².